The highest BCUT2D eigenvalue weighted by Crippen LogP contribution is 2.27. The maximum Gasteiger partial charge on any atom is 0.490 e. The molecule has 0 aliphatic carbocycles. The maximum absolute atomic E-state index is 10.6. The lowest BCUT2D eigenvalue weighted by atomic mass is 10.1. The van der Waals surface area contributed by atoms with Gasteiger partial charge in [0.15, 0.2) is 0 Å². The van der Waals surface area contributed by atoms with E-state index in [4.69, 9.17) is 19.8 Å². The van der Waals surface area contributed by atoms with Crippen molar-refractivity contribution < 1.29 is 46.1 Å². The summed E-state index contributed by atoms with van der Waals surface area (Å²) in [6, 6.07) is 2.23. The van der Waals surface area contributed by atoms with Crippen LogP contribution in [0.5, 0.6) is 0 Å². The number of carboxylic acid groups (broad SMARTS) is 2. The molecule has 0 saturated carbocycles. The van der Waals surface area contributed by atoms with Gasteiger partial charge >= 0.3 is 24.3 Å². The third-order valence-corrected chi connectivity index (χ3v) is 5.96. The molecule has 36 heavy (non-hydrogen) atoms. The van der Waals surface area contributed by atoms with Crippen LogP contribution >= 0.6 is 11.3 Å². The Morgan fingerprint density at radius 2 is 1.47 bits per heavy atom. The Morgan fingerprint density at radius 3 is 1.97 bits per heavy atom. The molecule has 4 heterocycles. The highest BCUT2D eigenvalue weighted by Gasteiger charge is 2.38. The average molecular weight is 543 g/mol. The number of alkyl halides is 6. The monoisotopic (exact) mass is 542 g/mol. The summed E-state index contributed by atoms with van der Waals surface area (Å²) in [4.78, 5) is 32.0. The summed E-state index contributed by atoms with van der Waals surface area (Å²) in [5.41, 5.74) is 4.10. The lowest BCUT2D eigenvalue weighted by Crippen LogP contribution is -2.26. The van der Waals surface area contributed by atoms with E-state index < -0.39 is 24.3 Å². The maximum atomic E-state index is 10.6. The van der Waals surface area contributed by atoms with Crippen LogP contribution in [-0.2, 0) is 29.0 Å². The molecule has 2 aromatic rings. The van der Waals surface area contributed by atoms with E-state index in [1.165, 1.54) is 35.5 Å². The summed E-state index contributed by atoms with van der Waals surface area (Å²) < 4.78 is 63.5. The van der Waals surface area contributed by atoms with Crippen molar-refractivity contribution in [3.05, 3.63) is 40.0 Å². The zero-order valence-electron chi connectivity index (χ0n) is 18.8. The molecule has 15 heteroatoms. The van der Waals surface area contributed by atoms with Crippen LogP contribution in [0.4, 0.5) is 32.2 Å². The number of rotatable bonds is 3. The molecule has 2 aliphatic rings. The van der Waals surface area contributed by atoms with Crippen molar-refractivity contribution in [2.45, 2.75) is 44.6 Å². The van der Waals surface area contributed by atoms with Crippen LogP contribution < -0.4 is 4.90 Å². The van der Waals surface area contributed by atoms with Crippen LogP contribution in [0, 0.1) is 0 Å². The first kappa shape index (κ1) is 29.3. The van der Waals surface area contributed by atoms with E-state index in [9.17, 15) is 26.3 Å². The SMILES string of the molecule is O=C(O)C(F)(F)F.O=C(O)C(F)(F)F.c1nc2c(c(N3CCCC3)n1)CCN(Cc1ccsc1)CC2. The van der Waals surface area contributed by atoms with Crippen molar-refractivity contribution >= 4 is 29.1 Å². The second-order valence-corrected chi connectivity index (χ2v) is 8.61. The minimum absolute atomic E-state index is 1.04. The molecule has 0 bridgehead atoms. The van der Waals surface area contributed by atoms with E-state index in [2.05, 4.69) is 36.6 Å². The minimum Gasteiger partial charge on any atom is -0.475 e. The first-order valence-electron chi connectivity index (χ1n) is 10.7. The summed E-state index contributed by atoms with van der Waals surface area (Å²) in [5.74, 6) is -4.31. The molecular weight excluding hydrogens is 518 g/mol. The molecule has 1 fully saturated rings. The normalized spacial score (nSPS) is 16.1. The third-order valence-electron chi connectivity index (χ3n) is 5.23. The highest BCUT2D eigenvalue weighted by atomic mass is 32.1. The first-order valence-corrected chi connectivity index (χ1v) is 11.6. The second-order valence-electron chi connectivity index (χ2n) is 7.83. The van der Waals surface area contributed by atoms with Gasteiger partial charge in [0.1, 0.15) is 12.1 Å². The van der Waals surface area contributed by atoms with E-state index in [0.717, 1.165) is 45.6 Å². The van der Waals surface area contributed by atoms with Crippen LogP contribution in [0.2, 0.25) is 0 Å². The number of fused-ring (bicyclic) bond motifs is 1. The Morgan fingerprint density at radius 1 is 0.917 bits per heavy atom. The fraction of sp³-hybridized carbons (Fsp3) is 0.524. The summed E-state index contributed by atoms with van der Waals surface area (Å²) in [6.07, 6.45) is -3.69. The van der Waals surface area contributed by atoms with Gasteiger partial charge in [-0.05, 0) is 41.7 Å². The quantitative estimate of drug-likeness (QED) is 0.561. The molecule has 200 valence electrons. The molecule has 0 radical (unpaired) electrons. The lowest BCUT2D eigenvalue weighted by Gasteiger charge is -2.21. The highest BCUT2D eigenvalue weighted by molar-refractivity contribution is 7.07. The Kier molecular flexibility index (Phi) is 10.5. The minimum atomic E-state index is -5.08. The molecule has 2 aliphatic heterocycles. The number of carboxylic acids is 2. The molecular formula is C21H24F6N4O4S. The van der Waals surface area contributed by atoms with Gasteiger partial charge in [0.25, 0.3) is 0 Å². The number of hydrogen-bond acceptors (Lipinski definition) is 7. The predicted octanol–water partition coefficient (Wildman–Crippen LogP) is 4.01. The fourth-order valence-corrected chi connectivity index (χ4v) is 4.22. The number of aliphatic carboxylic acids is 2. The van der Waals surface area contributed by atoms with E-state index in [1.807, 2.05) is 0 Å². The van der Waals surface area contributed by atoms with Crippen LogP contribution in [0.3, 0.4) is 0 Å². The molecule has 2 N–H and O–H groups in total. The summed E-state index contributed by atoms with van der Waals surface area (Å²) >= 11 is 1.78. The molecule has 8 nitrogen and oxygen atoms in total. The smallest absolute Gasteiger partial charge is 0.475 e. The Balaban J connectivity index is 0.000000271. The van der Waals surface area contributed by atoms with Crippen LogP contribution in [0.25, 0.3) is 0 Å². The standard InChI is InChI=1S/C17H22N4S.2C2HF3O2/c1-2-7-21(6-1)17-15-3-8-20(11-14-5-10-22-12-14)9-4-16(15)18-13-19-17;2*3-2(4,5)1(6)7/h5,10,12-13H,1-4,6-9,11H2;2*(H,6,7). The molecule has 0 amide bonds. The van der Waals surface area contributed by atoms with Crippen molar-refractivity contribution in [2.75, 3.05) is 31.1 Å². The van der Waals surface area contributed by atoms with E-state index in [-0.39, 0.29) is 0 Å². The van der Waals surface area contributed by atoms with Crippen molar-refractivity contribution in [1.82, 2.24) is 14.9 Å². The number of hydrogen-bond donors (Lipinski definition) is 2. The van der Waals surface area contributed by atoms with Gasteiger partial charge in [0, 0.05) is 44.7 Å². The molecule has 4 rings (SSSR count). The number of nitrogens with zero attached hydrogens (tertiary/aromatic N) is 4. The number of aromatic nitrogens is 2. The topological polar surface area (TPSA) is 107 Å². The van der Waals surface area contributed by atoms with E-state index >= 15 is 0 Å². The van der Waals surface area contributed by atoms with Gasteiger partial charge in [0.05, 0.1) is 5.69 Å². The fourth-order valence-electron chi connectivity index (χ4n) is 3.56. The van der Waals surface area contributed by atoms with Gasteiger partial charge in [-0.2, -0.15) is 37.7 Å². The number of anilines is 1. The van der Waals surface area contributed by atoms with Crippen molar-refractivity contribution in [1.29, 1.82) is 0 Å². The van der Waals surface area contributed by atoms with Crippen molar-refractivity contribution in [3.8, 4) is 0 Å². The van der Waals surface area contributed by atoms with Gasteiger partial charge < -0.3 is 15.1 Å². The van der Waals surface area contributed by atoms with Gasteiger partial charge in [-0.25, -0.2) is 19.6 Å². The first-order chi connectivity index (χ1) is 16.8. The molecule has 0 atom stereocenters. The second kappa shape index (κ2) is 12.9. The zero-order chi connectivity index (χ0) is 26.9. The summed E-state index contributed by atoms with van der Waals surface area (Å²) in [7, 11) is 0. The van der Waals surface area contributed by atoms with E-state index in [1.54, 1.807) is 17.7 Å². The van der Waals surface area contributed by atoms with Gasteiger partial charge in [-0.1, -0.05) is 0 Å². The molecule has 0 unspecified atom stereocenters. The van der Waals surface area contributed by atoms with Crippen LogP contribution in [0.1, 0.15) is 29.7 Å². The number of halogens is 6. The molecule has 2 aromatic heterocycles. The largest absolute Gasteiger partial charge is 0.490 e. The Bertz CT molecular complexity index is 971. The Hall–Kier alpha value is -2.94. The average Bonchev–Trinajstić information content (AvgIpc) is 3.46. The number of carbonyl (C=O) groups is 2. The van der Waals surface area contributed by atoms with Crippen molar-refractivity contribution in [2.24, 2.45) is 0 Å². The predicted molar refractivity (Wildman–Crippen MR) is 118 cm³/mol. The zero-order valence-corrected chi connectivity index (χ0v) is 19.7. The lowest BCUT2D eigenvalue weighted by molar-refractivity contribution is -0.193. The number of thiophene rings is 1. The van der Waals surface area contributed by atoms with Crippen LogP contribution in [-0.4, -0.2) is 75.6 Å². The molecule has 1 saturated heterocycles. The molecule has 0 spiro atoms. The summed E-state index contributed by atoms with van der Waals surface area (Å²) in [5, 5.41) is 18.7. The van der Waals surface area contributed by atoms with Crippen molar-refractivity contribution in [3.63, 3.8) is 0 Å². The van der Waals surface area contributed by atoms with Gasteiger partial charge in [-0.15, -0.1) is 0 Å². The Labute approximate surface area is 206 Å². The van der Waals surface area contributed by atoms with E-state index in [0.29, 0.717) is 0 Å². The van der Waals surface area contributed by atoms with Gasteiger partial charge in [0.2, 0.25) is 0 Å². The van der Waals surface area contributed by atoms with Gasteiger partial charge in [-0.3, -0.25) is 4.90 Å². The third kappa shape index (κ3) is 9.26. The van der Waals surface area contributed by atoms with Crippen LogP contribution in [0.15, 0.2) is 23.2 Å². The summed E-state index contributed by atoms with van der Waals surface area (Å²) in [6.45, 7) is 5.57. The molecule has 0 aromatic carbocycles.